The molecule has 0 aromatic rings. The van der Waals surface area contributed by atoms with E-state index in [1.807, 2.05) is 0 Å². The lowest BCUT2D eigenvalue weighted by molar-refractivity contribution is -0.146. The Labute approximate surface area is 52.0 Å². The van der Waals surface area contributed by atoms with E-state index in [1.165, 1.54) is 0 Å². The van der Waals surface area contributed by atoms with Gasteiger partial charge < -0.3 is 10.5 Å². The van der Waals surface area contributed by atoms with Crippen molar-refractivity contribution in [2.24, 2.45) is 5.73 Å². The Balaban J connectivity index is 2.48. The first kappa shape index (κ1) is 6.07. The minimum atomic E-state index is -0.669. The van der Waals surface area contributed by atoms with Gasteiger partial charge in [0.15, 0.2) is 6.10 Å². The number of nitrogens with two attached hydrogens (primary N) is 1. The third kappa shape index (κ3) is 1.19. The number of carbonyl (C=O) groups is 2. The van der Waals surface area contributed by atoms with Crippen LogP contribution in [0.2, 0.25) is 0 Å². The van der Waals surface area contributed by atoms with E-state index < -0.39 is 12.0 Å². The fraction of sp³-hybridized carbons (Fsp3) is 0.600. The zero-order valence-corrected chi connectivity index (χ0v) is 4.79. The average Bonchev–Trinajstić information content (AvgIpc) is 2.14. The van der Waals surface area contributed by atoms with E-state index in [9.17, 15) is 9.59 Å². The molecule has 0 aromatic carbocycles. The van der Waals surface area contributed by atoms with Crippen molar-refractivity contribution in [2.45, 2.75) is 18.9 Å². The zero-order valence-electron chi connectivity index (χ0n) is 4.79. The highest BCUT2D eigenvalue weighted by molar-refractivity contribution is 5.85. The standard InChI is InChI=1S/C5H7NO3/c6-5(8)3-1-2-4(7)9-3/h3H,1-2H2,(H2,6,8)/t3-/m0/s1. The Morgan fingerprint density at radius 1 is 1.78 bits per heavy atom. The molecule has 4 nitrogen and oxygen atoms in total. The van der Waals surface area contributed by atoms with Gasteiger partial charge in [0.2, 0.25) is 0 Å². The van der Waals surface area contributed by atoms with Crippen LogP contribution in [0.3, 0.4) is 0 Å². The van der Waals surface area contributed by atoms with E-state index in [-0.39, 0.29) is 5.97 Å². The van der Waals surface area contributed by atoms with Gasteiger partial charge in [-0.1, -0.05) is 0 Å². The Morgan fingerprint density at radius 3 is 2.67 bits per heavy atom. The summed E-state index contributed by atoms with van der Waals surface area (Å²) >= 11 is 0. The molecule has 9 heavy (non-hydrogen) atoms. The summed E-state index contributed by atoms with van der Waals surface area (Å²) in [5, 5.41) is 0. The van der Waals surface area contributed by atoms with Crippen LogP contribution in [0.1, 0.15) is 12.8 Å². The third-order valence-electron chi connectivity index (χ3n) is 1.20. The van der Waals surface area contributed by atoms with Crippen molar-refractivity contribution in [1.29, 1.82) is 0 Å². The first-order chi connectivity index (χ1) is 4.20. The second-order valence-corrected chi connectivity index (χ2v) is 1.92. The van der Waals surface area contributed by atoms with Crippen molar-refractivity contribution >= 4 is 11.9 Å². The van der Waals surface area contributed by atoms with E-state index in [0.717, 1.165) is 0 Å². The molecule has 1 aliphatic rings. The van der Waals surface area contributed by atoms with Crippen LogP contribution in [-0.4, -0.2) is 18.0 Å². The highest BCUT2D eigenvalue weighted by atomic mass is 16.6. The zero-order chi connectivity index (χ0) is 6.85. The van der Waals surface area contributed by atoms with Crippen molar-refractivity contribution in [3.8, 4) is 0 Å². The molecule has 50 valence electrons. The molecular formula is C5H7NO3. The van der Waals surface area contributed by atoms with Gasteiger partial charge in [-0.15, -0.1) is 0 Å². The second kappa shape index (κ2) is 2.05. The molecule has 1 rings (SSSR count). The fourth-order valence-electron chi connectivity index (χ4n) is 0.726. The van der Waals surface area contributed by atoms with Crippen LogP contribution < -0.4 is 5.73 Å². The normalized spacial score (nSPS) is 25.8. The summed E-state index contributed by atoms with van der Waals surface area (Å²) in [7, 11) is 0. The number of cyclic esters (lactones) is 1. The first-order valence-electron chi connectivity index (χ1n) is 2.69. The van der Waals surface area contributed by atoms with Gasteiger partial charge >= 0.3 is 5.97 Å². The van der Waals surface area contributed by atoms with Gasteiger partial charge in [-0.2, -0.15) is 0 Å². The Kier molecular flexibility index (Phi) is 1.38. The van der Waals surface area contributed by atoms with E-state index in [4.69, 9.17) is 5.73 Å². The summed E-state index contributed by atoms with van der Waals surface area (Å²) in [5.74, 6) is -0.889. The molecule has 0 unspecified atom stereocenters. The minimum absolute atomic E-state index is 0.313. The van der Waals surface area contributed by atoms with E-state index in [0.29, 0.717) is 12.8 Å². The maximum atomic E-state index is 10.3. The number of rotatable bonds is 1. The van der Waals surface area contributed by atoms with Crippen LogP contribution >= 0.6 is 0 Å². The molecule has 1 aliphatic heterocycles. The third-order valence-corrected chi connectivity index (χ3v) is 1.20. The lowest BCUT2D eigenvalue weighted by Crippen LogP contribution is -2.27. The lowest BCUT2D eigenvalue weighted by atomic mass is 10.2. The molecule has 0 bridgehead atoms. The molecule has 2 N–H and O–H groups in total. The van der Waals surface area contributed by atoms with Crippen LogP contribution in [0.4, 0.5) is 0 Å². The Morgan fingerprint density at radius 2 is 2.44 bits per heavy atom. The topological polar surface area (TPSA) is 69.4 Å². The summed E-state index contributed by atoms with van der Waals surface area (Å²) in [6.07, 6.45) is 0.0828. The van der Waals surface area contributed by atoms with Crippen molar-refractivity contribution in [2.75, 3.05) is 0 Å². The SMILES string of the molecule is NC(=O)[C@@H]1CCC(=O)O1. The fourth-order valence-corrected chi connectivity index (χ4v) is 0.726. The molecule has 0 spiro atoms. The van der Waals surface area contributed by atoms with E-state index in [1.54, 1.807) is 0 Å². The molecule has 0 aromatic heterocycles. The molecular weight excluding hydrogens is 122 g/mol. The summed E-state index contributed by atoms with van der Waals surface area (Å²) < 4.78 is 4.51. The van der Waals surface area contributed by atoms with Gasteiger partial charge in [-0.25, -0.2) is 0 Å². The quantitative estimate of drug-likeness (QED) is 0.470. The number of hydrogen-bond acceptors (Lipinski definition) is 3. The Hall–Kier alpha value is -1.06. The number of primary amides is 1. The summed E-state index contributed by atoms with van der Waals surface area (Å²) in [6, 6.07) is 0. The van der Waals surface area contributed by atoms with Crippen LogP contribution in [0.25, 0.3) is 0 Å². The summed E-state index contributed by atoms with van der Waals surface area (Å²) in [6.45, 7) is 0. The van der Waals surface area contributed by atoms with Gasteiger partial charge in [0.05, 0.1) is 0 Å². The van der Waals surface area contributed by atoms with Crippen LogP contribution in [-0.2, 0) is 14.3 Å². The van der Waals surface area contributed by atoms with Gasteiger partial charge in [-0.05, 0) is 0 Å². The molecule has 1 atom stereocenters. The predicted octanol–water partition coefficient (Wildman–Crippen LogP) is -0.823. The maximum Gasteiger partial charge on any atom is 0.306 e. The summed E-state index contributed by atoms with van der Waals surface area (Å²) in [5.41, 5.74) is 4.84. The van der Waals surface area contributed by atoms with E-state index in [2.05, 4.69) is 4.74 Å². The van der Waals surface area contributed by atoms with Gasteiger partial charge in [0.25, 0.3) is 5.91 Å². The number of hydrogen-bond donors (Lipinski definition) is 1. The monoisotopic (exact) mass is 129 g/mol. The minimum Gasteiger partial charge on any atom is -0.452 e. The molecule has 0 saturated carbocycles. The van der Waals surface area contributed by atoms with Gasteiger partial charge in [0.1, 0.15) is 0 Å². The second-order valence-electron chi connectivity index (χ2n) is 1.92. The van der Waals surface area contributed by atoms with Gasteiger partial charge in [0, 0.05) is 12.8 Å². The molecule has 4 heteroatoms. The van der Waals surface area contributed by atoms with Crippen molar-refractivity contribution in [3.05, 3.63) is 0 Å². The first-order valence-corrected chi connectivity index (χ1v) is 2.69. The lowest BCUT2D eigenvalue weighted by Gasteiger charge is -2.00. The Bertz CT molecular complexity index is 154. The largest absolute Gasteiger partial charge is 0.452 e. The number of ether oxygens (including phenoxy) is 1. The maximum absolute atomic E-state index is 10.3. The molecule has 1 amide bonds. The molecule has 1 heterocycles. The molecule has 1 fully saturated rings. The smallest absolute Gasteiger partial charge is 0.306 e. The van der Waals surface area contributed by atoms with Crippen molar-refractivity contribution < 1.29 is 14.3 Å². The molecule has 0 aliphatic carbocycles. The van der Waals surface area contributed by atoms with Crippen molar-refractivity contribution in [3.63, 3.8) is 0 Å². The number of amides is 1. The predicted molar refractivity (Wildman–Crippen MR) is 28.3 cm³/mol. The molecule has 0 radical (unpaired) electrons. The number of esters is 1. The van der Waals surface area contributed by atoms with Crippen LogP contribution in [0, 0.1) is 0 Å². The van der Waals surface area contributed by atoms with Crippen molar-refractivity contribution in [1.82, 2.24) is 0 Å². The summed E-state index contributed by atoms with van der Waals surface area (Å²) in [4.78, 5) is 20.6. The molecule has 1 saturated heterocycles. The highest BCUT2D eigenvalue weighted by Gasteiger charge is 2.27. The number of carbonyl (C=O) groups excluding carboxylic acids is 2. The van der Waals surface area contributed by atoms with Crippen LogP contribution in [0.5, 0.6) is 0 Å². The van der Waals surface area contributed by atoms with Crippen LogP contribution in [0.15, 0.2) is 0 Å². The average molecular weight is 129 g/mol. The van der Waals surface area contributed by atoms with Gasteiger partial charge in [-0.3, -0.25) is 9.59 Å². The highest BCUT2D eigenvalue weighted by Crippen LogP contribution is 2.12. The van der Waals surface area contributed by atoms with E-state index >= 15 is 0 Å².